The molecule has 1 heterocycles. The maximum atomic E-state index is 12.9. The molecule has 2 N–H and O–H groups in total. The zero-order valence-corrected chi connectivity index (χ0v) is 12.5. The summed E-state index contributed by atoms with van der Waals surface area (Å²) in [4.78, 5) is 4.08. The van der Waals surface area contributed by atoms with E-state index >= 15 is 0 Å². The van der Waals surface area contributed by atoms with Crippen LogP contribution in [0.2, 0.25) is 0 Å². The Balaban J connectivity index is 1.77. The van der Waals surface area contributed by atoms with Crippen LogP contribution in [0.5, 0.6) is 11.5 Å². The van der Waals surface area contributed by atoms with Crippen molar-refractivity contribution < 1.29 is 9.13 Å². The number of imidazole rings is 1. The van der Waals surface area contributed by atoms with Gasteiger partial charge in [-0.2, -0.15) is 5.10 Å². The first kappa shape index (κ1) is 14.8. The summed E-state index contributed by atoms with van der Waals surface area (Å²) in [6.07, 6.45) is 3.40. The van der Waals surface area contributed by atoms with Gasteiger partial charge >= 0.3 is 0 Å². The molecule has 3 aromatic rings. The van der Waals surface area contributed by atoms with Crippen LogP contribution in [0.15, 0.2) is 59.8 Å². The monoisotopic (exact) mass is 310 g/mol. The topological polar surface area (TPSA) is 65.4 Å². The van der Waals surface area contributed by atoms with Gasteiger partial charge in [0.15, 0.2) is 0 Å². The summed E-state index contributed by atoms with van der Waals surface area (Å²) in [5, 5.41) is 4.26. The molecule has 0 fully saturated rings. The van der Waals surface area contributed by atoms with Crippen LogP contribution in [0.3, 0.4) is 0 Å². The third-order valence-electron chi connectivity index (χ3n) is 3.07. The normalized spacial score (nSPS) is 11.0. The minimum Gasteiger partial charge on any atom is -0.457 e. The van der Waals surface area contributed by atoms with Crippen LogP contribution in [0, 0.1) is 12.7 Å². The molecule has 0 amide bonds. The first-order valence-electron chi connectivity index (χ1n) is 6.99. The van der Waals surface area contributed by atoms with Gasteiger partial charge in [-0.05, 0) is 48.9 Å². The number of ether oxygens (including phenoxy) is 1. The van der Waals surface area contributed by atoms with Crippen molar-refractivity contribution in [3.8, 4) is 11.5 Å². The van der Waals surface area contributed by atoms with Crippen molar-refractivity contribution in [1.29, 1.82) is 0 Å². The minimum absolute atomic E-state index is 0.300. The summed E-state index contributed by atoms with van der Waals surface area (Å²) in [6.45, 7) is 1.85. The van der Waals surface area contributed by atoms with E-state index in [2.05, 4.69) is 10.1 Å². The van der Waals surface area contributed by atoms with Gasteiger partial charge in [0.05, 0.1) is 18.1 Å². The molecule has 5 nitrogen and oxygen atoms in total. The van der Waals surface area contributed by atoms with Gasteiger partial charge in [-0.25, -0.2) is 14.1 Å². The highest BCUT2D eigenvalue weighted by Crippen LogP contribution is 2.22. The van der Waals surface area contributed by atoms with E-state index in [4.69, 9.17) is 10.5 Å². The molecular formula is C17H15FN4O. The second-order valence-electron chi connectivity index (χ2n) is 4.96. The van der Waals surface area contributed by atoms with Crippen molar-refractivity contribution in [2.45, 2.75) is 6.92 Å². The second-order valence-corrected chi connectivity index (χ2v) is 4.96. The van der Waals surface area contributed by atoms with Gasteiger partial charge < -0.3 is 10.5 Å². The Kier molecular flexibility index (Phi) is 4.05. The predicted octanol–water partition coefficient (Wildman–Crippen LogP) is 3.59. The lowest BCUT2D eigenvalue weighted by Crippen LogP contribution is -1.97. The molecule has 1 aromatic heterocycles. The zero-order chi connectivity index (χ0) is 16.2. The molecule has 0 aliphatic rings. The van der Waals surface area contributed by atoms with Gasteiger partial charge in [0, 0.05) is 0 Å². The molecule has 0 aliphatic carbocycles. The van der Waals surface area contributed by atoms with E-state index in [9.17, 15) is 4.39 Å². The van der Waals surface area contributed by atoms with Crippen LogP contribution in [0.25, 0.3) is 0 Å². The van der Waals surface area contributed by atoms with Crippen molar-refractivity contribution in [1.82, 2.24) is 9.66 Å². The molecule has 6 heteroatoms. The molecule has 0 bridgehead atoms. The number of rotatable bonds is 4. The Hall–Kier alpha value is -3.15. The third-order valence-corrected chi connectivity index (χ3v) is 3.07. The number of aryl methyl sites for hydroxylation is 1. The number of benzene rings is 2. The fourth-order valence-corrected chi connectivity index (χ4v) is 2.02. The minimum atomic E-state index is -0.300. The van der Waals surface area contributed by atoms with Crippen molar-refractivity contribution in [2.75, 3.05) is 5.73 Å². The molecule has 0 saturated heterocycles. The molecule has 0 saturated carbocycles. The molecule has 2 aromatic carbocycles. The SMILES string of the molecule is Cc1cn(N=Cc2cccc(Oc3ccc(F)cc3)c2)c(N)n1. The maximum absolute atomic E-state index is 12.9. The summed E-state index contributed by atoms with van der Waals surface area (Å²) >= 11 is 0. The molecule has 0 radical (unpaired) electrons. The number of aromatic nitrogens is 2. The number of hydrogen-bond donors (Lipinski definition) is 1. The highest BCUT2D eigenvalue weighted by atomic mass is 19.1. The van der Waals surface area contributed by atoms with E-state index in [0.29, 0.717) is 17.4 Å². The molecule has 23 heavy (non-hydrogen) atoms. The Morgan fingerprint density at radius 1 is 1.17 bits per heavy atom. The number of nitrogens with two attached hydrogens (primary N) is 1. The van der Waals surface area contributed by atoms with Crippen molar-refractivity contribution >= 4 is 12.2 Å². The molecule has 3 rings (SSSR count). The van der Waals surface area contributed by atoms with Gasteiger partial charge in [-0.15, -0.1) is 0 Å². The van der Waals surface area contributed by atoms with Crippen molar-refractivity contribution in [3.05, 3.63) is 71.8 Å². The Bertz CT molecular complexity index is 840. The fraction of sp³-hybridized carbons (Fsp3) is 0.0588. The molecule has 0 spiro atoms. The van der Waals surface area contributed by atoms with Gasteiger partial charge in [0.1, 0.15) is 17.3 Å². The smallest absolute Gasteiger partial charge is 0.221 e. The molecule has 116 valence electrons. The van der Waals surface area contributed by atoms with E-state index in [1.165, 1.54) is 16.8 Å². The number of halogens is 1. The first-order valence-corrected chi connectivity index (χ1v) is 6.99. The molecular weight excluding hydrogens is 295 g/mol. The number of nitrogen functional groups attached to an aromatic ring is 1. The lowest BCUT2D eigenvalue weighted by molar-refractivity contribution is 0.480. The standard InChI is InChI=1S/C17H15FN4O/c1-12-11-22(17(19)21-12)20-10-13-3-2-4-16(9-13)23-15-7-5-14(18)6-8-15/h2-11H,1H3,(H2,19,21). The van der Waals surface area contributed by atoms with E-state index < -0.39 is 0 Å². The number of nitrogens with zero attached hydrogens (tertiary/aromatic N) is 3. The Morgan fingerprint density at radius 2 is 1.96 bits per heavy atom. The summed E-state index contributed by atoms with van der Waals surface area (Å²) in [6, 6.07) is 13.2. The van der Waals surface area contributed by atoms with Crippen LogP contribution < -0.4 is 10.5 Å². The largest absolute Gasteiger partial charge is 0.457 e. The summed E-state index contributed by atoms with van der Waals surface area (Å²) in [7, 11) is 0. The maximum Gasteiger partial charge on any atom is 0.221 e. The van der Waals surface area contributed by atoms with Gasteiger partial charge in [0.2, 0.25) is 5.95 Å². The van der Waals surface area contributed by atoms with Gasteiger partial charge in [0.25, 0.3) is 0 Å². The summed E-state index contributed by atoms with van der Waals surface area (Å²) in [5.41, 5.74) is 7.37. The second kappa shape index (κ2) is 6.31. The fourth-order valence-electron chi connectivity index (χ4n) is 2.02. The average Bonchev–Trinajstić information content (AvgIpc) is 2.86. The van der Waals surface area contributed by atoms with Crippen LogP contribution in [-0.2, 0) is 0 Å². The van der Waals surface area contributed by atoms with Crippen molar-refractivity contribution in [2.24, 2.45) is 5.10 Å². The quantitative estimate of drug-likeness (QED) is 0.749. The van der Waals surface area contributed by atoms with E-state index in [-0.39, 0.29) is 5.82 Å². The first-order chi connectivity index (χ1) is 11.1. The Labute approximate surface area is 132 Å². The summed E-state index contributed by atoms with van der Waals surface area (Å²) in [5.74, 6) is 1.23. The zero-order valence-electron chi connectivity index (χ0n) is 12.5. The third kappa shape index (κ3) is 3.74. The molecule has 0 aliphatic heterocycles. The molecule has 0 unspecified atom stereocenters. The lowest BCUT2D eigenvalue weighted by atomic mass is 10.2. The van der Waals surface area contributed by atoms with E-state index in [1.54, 1.807) is 24.5 Å². The highest BCUT2D eigenvalue weighted by Gasteiger charge is 2.00. The van der Waals surface area contributed by atoms with Gasteiger partial charge in [-0.3, -0.25) is 0 Å². The Morgan fingerprint density at radius 3 is 2.65 bits per heavy atom. The lowest BCUT2D eigenvalue weighted by Gasteiger charge is -2.06. The van der Waals surface area contributed by atoms with Crippen molar-refractivity contribution in [3.63, 3.8) is 0 Å². The number of hydrogen-bond acceptors (Lipinski definition) is 4. The van der Waals surface area contributed by atoms with Crippen LogP contribution in [0.1, 0.15) is 11.3 Å². The predicted molar refractivity (Wildman–Crippen MR) is 87.3 cm³/mol. The highest BCUT2D eigenvalue weighted by molar-refractivity contribution is 5.80. The van der Waals surface area contributed by atoms with Crippen LogP contribution >= 0.6 is 0 Å². The molecule has 0 atom stereocenters. The summed E-state index contributed by atoms with van der Waals surface area (Å²) < 4.78 is 20.1. The van der Waals surface area contributed by atoms with Crippen LogP contribution in [-0.4, -0.2) is 15.9 Å². The number of anilines is 1. The van der Waals surface area contributed by atoms with E-state index in [1.807, 2.05) is 31.2 Å². The average molecular weight is 310 g/mol. The van der Waals surface area contributed by atoms with Crippen LogP contribution in [0.4, 0.5) is 10.3 Å². The van der Waals surface area contributed by atoms with E-state index in [0.717, 1.165) is 11.3 Å². The van der Waals surface area contributed by atoms with Gasteiger partial charge in [-0.1, -0.05) is 12.1 Å².